The Bertz CT molecular complexity index is 1280. The van der Waals surface area contributed by atoms with Gasteiger partial charge in [-0.05, 0) is 11.1 Å². The lowest BCUT2D eigenvalue weighted by molar-refractivity contribution is -0.151. The third-order valence-electron chi connectivity index (χ3n) is 6.13. The van der Waals surface area contributed by atoms with E-state index in [2.05, 4.69) is 26.5 Å². The largest absolute Gasteiger partial charge is 0.477 e. The monoisotopic (exact) mass is 537 g/mol. The summed E-state index contributed by atoms with van der Waals surface area (Å²) in [6.07, 6.45) is 9.70. The van der Waals surface area contributed by atoms with E-state index in [1.807, 2.05) is 24.3 Å². The second-order valence-electron chi connectivity index (χ2n) is 8.85. The van der Waals surface area contributed by atoms with Gasteiger partial charge in [0.15, 0.2) is 0 Å². The summed E-state index contributed by atoms with van der Waals surface area (Å²) in [7, 11) is 0. The first kappa shape index (κ1) is 27.0. The number of aliphatic carboxylic acids is 1. The number of benzene rings is 1. The van der Waals surface area contributed by atoms with Gasteiger partial charge in [0.1, 0.15) is 23.7 Å². The molecule has 3 unspecified atom stereocenters. The number of carboxylic acid groups (broad SMARTS) is 1. The minimum Gasteiger partial charge on any atom is -0.477 e. The number of amides is 2. The molecule has 1 aromatic carbocycles. The number of β-lactam (4-membered cyclic amide) rings is 1. The third kappa shape index (κ3) is 6.24. The number of esters is 1. The number of thioether (sulfide) groups is 1. The van der Waals surface area contributed by atoms with Gasteiger partial charge in [-0.1, -0.05) is 30.2 Å². The number of fused-ring (bicyclic) bond motifs is 1. The van der Waals surface area contributed by atoms with Crippen LogP contribution in [0.15, 0.2) is 48.1 Å². The van der Waals surface area contributed by atoms with Crippen LogP contribution in [0.25, 0.3) is 0 Å². The van der Waals surface area contributed by atoms with Gasteiger partial charge >= 0.3 is 11.9 Å². The molecule has 3 heterocycles. The fourth-order valence-electron chi connectivity index (χ4n) is 4.21. The maximum absolute atomic E-state index is 12.7. The lowest BCUT2D eigenvalue weighted by atomic mass is 10.0. The summed E-state index contributed by atoms with van der Waals surface area (Å²) in [5, 5.41) is 15.1. The number of carbonyl (C=O) groups excluding carboxylic acids is 3. The molecule has 1 aromatic heterocycles. The topological polar surface area (TPSA) is 154 Å². The molecule has 0 spiro atoms. The minimum atomic E-state index is -1.28. The molecule has 3 atom stereocenters. The molecule has 0 radical (unpaired) electrons. The maximum Gasteiger partial charge on any atom is 0.352 e. The SMILES string of the molecule is C#CC(Cc1c[nH]cn1)NCc1ccc(CC(=O)NC2C(=O)N3C(C(=O)O)=C(COC(C)=O)CSC23)cc1. The van der Waals surface area contributed by atoms with Gasteiger partial charge in [0.05, 0.1) is 24.5 Å². The highest BCUT2D eigenvalue weighted by molar-refractivity contribution is 8.00. The predicted octanol–water partition coefficient (Wildman–Crippen LogP) is 0.588. The summed E-state index contributed by atoms with van der Waals surface area (Å²) in [6, 6.07) is 6.49. The number of carbonyl (C=O) groups is 4. The molecule has 12 heteroatoms. The first-order valence-corrected chi connectivity index (χ1v) is 12.9. The van der Waals surface area contributed by atoms with E-state index in [-0.39, 0.29) is 36.4 Å². The van der Waals surface area contributed by atoms with E-state index in [4.69, 9.17) is 11.2 Å². The van der Waals surface area contributed by atoms with Crippen molar-refractivity contribution in [2.24, 2.45) is 0 Å². The van der Waals surface area contributed by atoms with E-state index < -0.39 is 29.3 Å². The van der Waals surface area contributed by atoms with Gasteiger partial charge in [-0.25, -0.2) is 9.78 Å². The highest BCUT2D eigenvalue weighted by Gasteiger charge is 2.54. The van der Waals surface area contributed by atoms with Gasteiger partial charge in [-0.2, -0.15) is 0 Å². The number of aromatic nitrogens is 2. The number of rotatable bonds is 11. The number of carboxylic acids is 1. The molecule has 1 saturated heterocycles. The van der Waals surface area contributed by atoms with Gasteiger partial charge in [0.25, 0.3) is 5.91 Å². The summed E-state index contributed by atoms with van der Waals surface area (Å²) in [6.45, 7) is 1.58. The number of nitrogens with one attached hydrogen (secondary N) is 3. The number of ether oxygens (including phenoxy) is 1. The van der Waals surface area contributed by atoms with Crippen LogP contribution in [0.5, 0.6) is 0 Å². The standard InChI is InChI=1S/C26H27N5O6S/c1-3-19(9-20-11-27-14-29-20)28-10-17-6-4-16(5-7-17)8-21(33)30-22-24(34)31-23(26(35)36)18(12-37-15(2)32)13-38-25(22)31/h1,4-7,11,14,19,22,25,28H,8-10,12-13H2,2H3,(H,27,29)(H,30,33)(H,35,36). The average Bonchev–Trinajstić information content (AvgIpc) is 3.41. The van der Waals surface area contributed by atoms with E-state index in [9.17, 15) is 24.3 Å². The molecule has 2 amide bonds. The number of nitrogens with zero attached hydrogens (tertiary/aromatic N) is 2. The lowest BCUT2D eigenvalue weighted by Crippen LogP contribution is -2.70. The molecule has 38 heavy (non-hydrogen) atoms. The molecule has 2 aliphatic heterocycles. The Morgan fingerprint density at radius 1 is 1.32 bits per heavy atom. The highest BCUT2D eigenvalue weighted by atomic mass is 32.2. The fourth-order valence-corrected chi connectivity index (χ4v) is 5.54. The van der Waals surface area contributed by atoms with Gasteiger partial charge < -0.3 is 20.1 Å². The number of H-pyrrole nitrogens is 1. The van der Waals surface area contributed by atoms with Crippen molar-refractivity contribution < 1.29 is 29.0 Å². The van der Waals surface area contributed by atoms with Crippen molar-refractivity contribution in [1.29, 1.82) is 0 Å². The molecule has 2 aliphatic rings. The van der Waals surface area contributed by atoms with Crippen LogP contribution in [0.2, 0.25) is 0 Å². The molecule has 4 N–H and O–H groups in total. The Morgan fingerprint density at radius 3 is 2.68 bits per heavy atom. The molecule has 2 aromatic rings. The van der Waals surface area contributed by atoms with Crippen LogP contribution >= 0.6 is 11.8 Å². The van der Waals surface area contributed by atoms with Crippen molar-refractivity contribution in [2.45, 2.75) is 43.8 Å². The molecular weight excluding hydrogens is 510 g/mol. The number of imidazole rings is 1. The van der Waals surface area contributed by atoms with Crippen LogP contribution in [0.4, 0.5) is 0 Å². The van der Waals surface area contributed by atoms with Crippen molar-refractivity contribution in [3.8, 4) is 12.3 Å². The summed E-state index contributed by atoms with van der Waals surface area (Å²) >= 11 is 1.32. The van der Waals surface area contributed by atoms with Crippen molar-refractivity contribution in [3.05, 3.63) is 64.9 Å². The number of terminal acetylenes is 1. The fraction of sp³-hybridized carbons (Fsp3) is 0.346. The normalized spacial score (nSPS) is 19.2. The first-order chi connectivity index (χ1) is 18.3. The van der Waals surface area contributed by atoms with Gasteiger partial charge in [-0.15, -0.1) is 18.2 Å². The van der Waals surface area contributed by atoms with Crippen molar-refractivity contribution in [1.82, 2.24) is 25.5 Å². The van der Waals surface area contributed by atoms with Crippen LogP contribution in [0, 0.1) is 12.3 Å². The van der Waals surface area contributed by atoms with Gasteiger partial charge in [0, 0.05) is 37.4 Å². The molecular formula is C26H27N5O6S. The van der Waals surface area contributed by atoms with E-state index in [0.29, 0.717) is 18.5 Å². The van der Waals surface area contributed by atoms with E-state index in [1.165, 1.54) is 18.7 Å². The summed E-state index contributed by atoms with van der Waals surface area (Å²) in [5.41, 5.74) is 2.80. The lowest BCUT2D eigenvalue weighted by Gasteiger charge is -2.49. The smallest absolute Gasteiger partial charge is 0.352 e. The van der Waals surface area contributed by atoms with Crippen LogP contribution in [0.3, 0.4) is 0 Å². The molecule has 11 nitrogen and oxygen atoms in total. The maximum atomic E-state index is 12.7. The number of aromatic amines is 1. The molecule has 198 valence electrons. The summed E-state index contributed by atoms with van der Waals surface area (Å²) in [4.78, 5) is 56.6. The Hall–Kier alpha value is -4.08. The van der Waals surface area contributed by atoms with Crippen LogP contribution < -0.4 is 10.6 Å². The van der Waals surface area contributed by atoms with Crippen LogP contribution in [-0.4, -0.2) is 73.5 Å². The second-order valence-corrected chi connectivity index (χ2v) is 9.96. The summed E-state index contributed by atoms with van der Waals surface area (Å²) in [5.74, 6) is 0.322. The van der Waals surface area contributed by atoms with Crippen molar-refractivity contribution in [3.63, 3.8) is 0 Å². The summed E-state index contributed by atoms with van der Waals surface area (Å²) < 4.78 is 4.93. The molecule has 1 fully saturated rings. The highest BCUT2D eigenvalue weighted by Crippen LogP contribution is 2.40. The zero-order valence-corrected chi connectivity index (χ0v) is 21.4. The average molecular weight is 538 g/mol. The van der Waals surface area contributed by atoms with Gasteiger partial charge in [0.2, 0.25) is 5.91 Å². The van der Waals surface area contributed by atoms with E-state index >= 15 is 0 Å². The van der Waals surface area contributed by atoms with E-state index in [0.717, 1.165) is 21.7 Å². The number of hydrogen-bond donors (Lipinski definition) is 4. The predicted molar refractivity (Wildman–Crippen MR) is 138 cm³/mol. The Kier molecular flexibility index (Phi) is 8.50. The third-order valence-corrected chi connectivity index (χ3v) is 7.47. The van der Waals surface area contributed by atoms with Gasteiger partial charge in [-0.3, -0.25) is 24.6 Å². The van der Waals surface area contributed by atoms with Crippen LogP contribution in [-0.2, 0) is 43.3 Å². The Labute approximate surface area is 223 Å². The van der Waals surface area contributed by atoms with Crippen LogP contribution in [0.1, 0.15) is 23.7 Å². The first-order valence-electron chi connectivity index (χ1n) is 11.8. The Balaban J connectivity index is 1.29. The zero-order valence-electron chi connectivity index (χ0n) is 20.6. The Morgan fingerprint density at radius 2 is 2.05 bits per heavy atom. The quantitative estimate of drug-likeness (QED) is 0.183. The van der Waals surface area contributed by atoms with Crippen molar-refractivity contribution >= 4 is 35.5 Å². The van der Waals surface area contributed by atoms with Crippen molar-refractivity contribution in [2.75, 3.05) is 12.4 Å². The second kappa shape index (κ2) is 12.0. The molecule has 4 rings (SSSR count). The molecule has 0 saturated carbocycles. The van der Waals surface area contributed by atoms with E-state index in [1.54, 1.807) is 12.5 Å². The minimum absolute atomic E-state index is 0.0698. The zero-order chi connectivity index (χ0) is 27.2. The molecule has 0 aliphatic carbocycles. The number of hydrogen-bond acceptors (Lipinski definition) is 8. The molecule has 0 bridgehead atoms.